The fourth-order valence-corrected chi connectivity index (χ4v) is 8.76. The summed E-state index contributed by atoms with van der Waals surface area (Å²) in [5.74, 6) is -2.47. The van der Waals surface area contributed by atoms with Crippen molar-refractivity contribution >= 4 is 76.2 Å². The number of benzene rings is 4. The zero-order chi connectivity index (χ0) is 49.6. The fraction of sp³-hybridized carbons (Fsp3) is 0.140. The first-order valence-corrected chi connectivity index (χ1v) is 22.9. The molecule has 14 nitrogen and oxygen atoms in total. The van der Waals surface area contributed by atoms with Gasteiger partial charge in [-0.2, -0.15) is 0 Å². The molecule has 8 bridgehead atoms. The van der Waals surface area contributed by atoms with Gasteiger partial charge in [0.15, 0.2) is 0 Å². The highest BCUT2D eigenvalue weighted by Gasteiger charge is 2.21. The number of hydrogen-bond donors (Lipinski definition) is 4. The molecular weight excluding hydrogens is 899 g/mol. The monoisotopic (exact) mass is 945 g/mol. The van der Waals surface area contributed by atoms with Crippen molar-refractivity contribution in [3.8, 4) is 44.5 Å². The van der Waals surface area contributed by atoms with Crippen LogP contribution in [-0.2, 0) is 19.0 Å². The number of aliphatic carboxylic acids is 1. The van der Waals surface area contributed by atoms with Crippen LogP contribution < -0.4 is 5.32 Å². The van der Waals surface area contributed by atoms with Crippen LogP contribution in [0.15, 0.2) is 121 Å². The Labute approximate surface area is 407 Å². The quantitative estimate of drug-likeness (QED) is 0.0459. The molecule has 71 heavy (non-hydrogen) atoms. The molecule has 4 aromatic carbocycles. The molecule has 3 aromatic heterocycles. The summed E-state index contributed by atoms with van der Waals surface area (Å²) in [5, 5.41) is 11.9. The zero-order valence-electron chi connectivity index (χ0n) is 39.0. The Morgan fingerprint density at radius 2 is 0.746 bits per heavy atom. The van der Waals surface area contributed by atoms with Crippen LogP contribution in [0.3, 0.4) is 0 Å². The van der Waals surface area contributed by atoms with Gasteiger partial charge in [-0.25, -0.2) is 24.4 Å². The summed E-state index contributed by atoms with van der Waals surface area (Å²) in [7, 11) is 4.02. The molecule has 0 saturated heterocycles. The summed E-state index contributed by atoms with van der Waals surface area (Å²) in [6.07, 6.45) is 9.77. The molecule has 0 spiro atoms. The maximum atomic E-state index is 13.3. The number of ether oxygens (including phenoxy) is 3. The third-order valence-corrected chi connectivity index (χ3v) is 12.3. The maximum Gasteiger partial charge on any atom is 0.337 e. The van der Waals surface area contributed by atoms with Crippen molar-refractivity contribution < 1.29 is 43.3 Å². The molecule has 0 radical (unpaired) electrons. The van der Waals surface area contributed by atoms with Gasteiger partial charge in [-0.15, -0.1) is 0 Å². The number of fused-ring (bicyclic) bond motifs is 8. The molecule has 0 saturated carbocycles. The Morgan fingerprint density at radius 3 is 1.04 bits per heavy atom. The second kappa shape index (κ2) is 20.6. The number of amides is 1. The van der Waals surface area contributed by atoms with Crippen molar-refractivity contribution in [3.05, 3.63) is 166 Å². The van der Waals surface area contributed by atoms with Gasteiger partial charge in [0.1, 0.15) is 0 Å². The lowest BCUT2D eigenvalue weighted by molar-refractivity contribution is -0.137. The topological polar surface area (TPSA) is 203 Å². The minimum absolute atomic E-state index is 0.0955. The molecule has 7 aromatic rings. The van der Waals surface area contributed by atoms with Crippen molar-refractivity contribution in [1.29, 1.82) is 0 Å². The number of nitrogens with one attached hydrogen (secondary N) is 3. The second-order valence-corrected chi connectivity index (χ2v) is 16.7. The molecule has 0 unspecified atom stereocenters. The number of esters is 3. The van der Waals surface area contributed by atoms with Crippen LogP contribution >= 0.6 is 0 Å². The van der Waals surface area contributed by atoms with E-state index in [9.17, 15) is 24.0 Å². The van der Waals surface area contributed by atoms with E-state index in [2.05, 4.69) is 15.3 Å². The van der Waals surface area contributed by atoms with Gasteiger partial charge in [-0.05, 0) is 132 Å². The van der Waals surface area contributed by atoms with Gasteiger partial charge in [-0.1, -0.05) is 55.0 Å². The number of aromatic amines is 2. The fourth-order valence-electron chi connectivity index (χ4n) is 8.76. The van der Waals surface area contributed by atoms with E-state index < -0.39 is 23.9 Å². The van der Waals surface area contributed by atoms with Crippen LogP contribution in [-0.4, -0.2) is 82.7 Å². The first-order valence-electron chi connectivity index (χ1n) is 22.9. The smallest absolute Gasteiger partial charge is 0.337 e. The van der Waals surface area contributed by atoms with Gasteiger partial charge in [0, 0.05) is 62.8 Å². The first kappa shape index (κ1) is 46.9. The highest BCUT2D eigenvalue weighted by Crippen LogP contribution is 2.39. The molecule has 2 aliphatic heterocycles. The number of nitrogens with zero attached hydrogens (tertiary/aromatic N) is 2. The van der Waals surface area contributed by atoms with Crippen LogP contribution in [0.1, 0.15) is 89.9 Å². The number of methoxy groups -OCH3 is 3. The molecule has 9 rings (SSSR count). The molecule has 4 N–H and O–H groups in total. The third kappa shape index (κ3) is 9.90. The van der Waals surface area contributed by atoms with Crippen LogP contribution in [0.5, 0.6) is 0 Å². The Kier molecular flexibility index (Phi) is 13.6. The van der Waals surface area contributed by atoms with Gasteiger partial charge < -0.3 is 34.6 Å². The van der Waals surface area contributed by atoms with E-state index in [1.807, 2.05) is 97.1 Å². The predicted octanol–water partition coefficient (Wildman–Crippen LogP) is 11.1. The van der Waals surface area contributed by atoms with E-state index >= 15 is 0 Å². The summed E-state index contributed by atoms with van der Waals surface area (Å²) in [6, 6.07) is 36.6. The molecule has 1 amide bonds. The van der Waals surface area contributed by atoms with Crippen molar-refractivity contribution in [2.75, 3.05) is 27.9 Å². The van der Waals surface area contributed by atoms with E-state index in [1.165, 1.54) is 21.3 Å². The average Bonchev–Trinajstić information content (AvgIpc) is 4.26. The third-order valence-electron chi connectivity index (χ3n) is 12.3. The van der Waals surface area contributed by atoms with Gasteiger partial charge in [0.25, 0.3) is 5.91 Å². The number of rotatable bonds is 14. The lowest BCUT2D eigenvalue weighted by Crippen LogP contribution is -2.24. The Morgan fingerprint density at radius 1 is 0.437 bits per heavy atom. The number of carbonyl (C=O) groups is 5. The number of carbonyl (C=O) groups excluding carboxylic acids is 4. The molecule has 0 aliphatic carbocycles. The van der Waals surface area contributed by atoms with Crippen LogP contribution in [0, 0.1) is 0 Å². The number of hydrogen-bond acceptors (Lipinski definition) is 10. The predicted molar refractivity (Wildman–Crippen MR) is 273 cm³/mol. The lowest BCUT2D eigenvalue weighted by Gasteiger charge is -2.09. The highest BCUT2D eigenvalue weighted by molar-refractivity contribution is 6.02. The summed E-state index contributed by atoms with van der Waals surface area (Å²) >= 11 is 0. The zero-order valence-corrected chi connectivity index (χ0v) is 39.0. The van der Waals surface area contributed by atoms with Gasteiger partial charge >= 0.3 is 23.9 Å². The van der Waals surface area contributed by atoms with Crippen molar-refractivity contribution in [2.45, 2.75) is 25.7 Å². The number of H-pyrrole nitrogens is 2. The number of unbranched alkanes of at least 4 members (excludes halogenated alkanes) is 2. The van der Waals surface area contributed by atoms with E-state index in [-0.39, 0.29) is 12.3 Å². The summed E-state index contributed by atoms with van der Waals surface area (Å²) < 4.78 is 15.0. The normalized spacial score (nSPS) is 11.5. The van der Waals surface area contributed by atoms with Gasteiger partial charge in [0.05, 0.1) is 60.8 Å². The van der Waals surface area contributed by atoms with Crippen LogP contribution in [0.25, 0.3) is 90.9 Å². The average molecular weight is 946 g/mol. The Hall–Kier alpha value is -9.17. The number of carboxylic acid groups (broad SMARTS) is 1. The number of aromatic nitrogens is 4. The second-order valence-electron chi connectivity index (χ2n) is 16.7. The number of carboxylic acids is 1. The van der Waals surface area contributed by atoms with E-state index in [0.717, 1.165) is 66.6 Å². The van der Waals surface area contributed by atoms with Gasteiger partial charge in [0.2, 0.25) is 0 Å². The standard InChI is InChI=1S/C57H47N5O9/c1-69-55(66)38-18-10-34(11-19-38)51-43-26-24-41(59-43)50(33-8-16-37(17-9-33)54(65)58-32-6-4-5-7-49(63)64)42-25-27-44(60-42)52(35-12-20-39(21-13-35)56(67)70-2)46-29-31-48(62-46)53(47-30-28-45(51)61-47)36-14-22-40(23-15-36)57(68)71-3/h8-31,59,62H,4-7,32H2,1-3H3,(H,58,65)(H,63,64). The van der Waals surface area contributed by atoms with Crippen molar-refractivity contribution in [1.82, 2.24) is 25.3 Å². The molecule has 0 atom stereocenters. The largest absolute Gasteiger partial charge is 0.481 e. The van der Waals surface area contributed by atoms with Gasteiger partial charge in [-0.3, -0.25) is 9.59 Å². The van der Waals surface area contributed by atoms with E-state index in [1.54, 1.807) is 48.5 Å². The summed E-state index contributed by atoms with van der Waals surface area (Å²) in [4.78, 5) is 79.8. The summed E-state index contributed by atoms with van der Waals surface area (Å²) in [6.45, 7) is 0.420. The molecular formula is C57H47N5O9. The van der Waals surface area contributed by atoms with Crippen LogP contribution in [0.4, 0.5) is 0 Å². The highest BCUT2D eigenvalue weighted by atomic mass is 16.5. The lowest BCUT2D eigenvalue weighted by atomic mass is 10.0. The SMILES string of the molecule is COC(=O)c1ccc(-c2c3nc(c(-c4ccc(C(=O)OC)cc4)c4ccc([nH]4)c(-c4ccc(C(=O)OC)cc4)c4nc(c(-c5ccc(C(=O)NCCCCCC(=O)O)cc5)c5ccc2[nH]5)C=C4)C=C3)cc1. The molecule has 354 valence electrons. The molecule has 5 heterocycles. The minimum atomic E-state index is -0.836. The van der Waals surface area contributed by atoms with Crippen LogP contribution in [0.2, 0.25) is 0 Å². The molecule has 2 aliphatic rings. The summed E-state index contributed by atoms with van der Waals surface area (Å²) in [5.41, 5.74) is 13.1. The Bertz CT molecular complexity index is 3400. The van der Waals surface area contributed by atoms with E-state index in [0.29, 0.717) is 70.8 Å². The van der Waals surface area contributed by atoms with Crippen molar-refractivity contribution in [2.24, 2.45) is 0 Å². The minimum Gasteiger partial charge on any atom is -0.481 e. The molecule has 0 fully saturated rings. The molecule has 14 heteroatoms. The maximum absolute atomic E-state index is 13.3. The van der Waals surface area contributed by atoms with Crippen molar-refractivity contribution in [3.63, 3.8) is 0 Å². The van der Waals surface area contributed by atoms with E-state index in [4.69, 9.17) is 29.3 Å². The Balaban J connectivity index is 1.30. The first-order chi connectivity index (χ1) is 34.5.